The summed E-state index contributed by atoms with van der Waals surface area (Å²) in [6.45, 7) is 0.396. The van der Waals surface area contributed by atoms with Crippen LogP contribution in [0.15, 0.2) is 108 Å². The van der Waals surface area contributed by atoms with Gasteiger partial charge in [-0.1, -0.05) is 48.5 Å². The summed E-state index contributed by atoms with van der Waals surface area (Å²) in [6, 6.07) is 28.7. The molecule has 0 unspecified atom stereocenters. The highest BCUT2D eigenvalue weighted by Crippen LogP contribution is 2.26. The summed E-state index contributed by atoms with van der Waals surface area (Å²) in [6.07, 6.45) is 3.59. The van der Waals surface area contributed by atoms with Gasteiger partial charge >= 0.3 is 0 Å². The molecule has 5 nitrogen and oxygen atoms in total. The van der Waals surface area contributed by atoms with Gasteiger partial charge in [0.05, 0.1) is 6.54 Å². The van der Waals surface area contributed by atoms with Gasteiger partial charge in [-0.2, -0.15) is 0 Å². The highest BCUT2D eigenvalue weighted by Gasteiger charge is 2.22. The number of anilines is 2. The first-order chi connectivity index (χ1) is 15.7. The molecule has 32 heavy (non-hydrogen) atoms. The van der Waals surface area contributed by atoms with Crippen molar-refractivity contribution in [1.29, 1.82) is 0 Å². The zero-order chi connectivity index (χ0) is 21.9. The molecule has 2 aromatic heterocycles. The van der Waals surface area contributed by atoms with E-state index >= 15 is 0 Å². The molecule has 2 heterocycles. The molecular formula is C27H21N3O2. The van der Waals surface area contributed by atoms with Gasteiger partial charge in [0.15, 0.2) is 5.76 Å². The SMILES string of the molecule is Nc1ccc(N(Cc2ccc(-c3cccnc3)cc2)C(=O)c2cc3ccccc3o2)cc1. The molecule has 0 bridgehead atoms. The number of carbonyl (C=O) groups is 1. The lowest BCUT2D eigenvalue weighted by Crippen LogP contribution is -2.30. The molecule has 156 valence electrons. The number of amides is 1. The third kappa shape index (κ3) is 3.96. The Bertz CT molecular complexity index is 1320. The molecule has 0 saturated heterocycles. The topological polar surface area (TPSA) is 72.4 Å². The summed E-state index contributed by atoms with van der Waals surface area (Å²) in [7, 11) is 0. The maximum atomic E-state index is 13.5. The van der Waals surface area contributed by atoms with E-state index in [1.54, 1.807) is 29.3 Å². The molecule has 3 aromatic carbocycles. The van der Waals surface area contributed by atoms with Crippen molar-refractivity contribution in [2.45, 2.75) is 6.54 Å². The van der Waals surface area contributed by atoms with Gasteiger partial charge in [0, 0.05) is 29.2 Å². The second-order valence-corrected chi connectivity index (χ2v) is 7.57. The average Bonchev–Trinajstić information content (AvgIpc) is 3.28. The molecular weight excluding hydrogens is 398 g/mol. The van der Waals surface area contributed by atoms with E-state index in [-0.39, 0.29) is 5.91 Å². The highest BCUT2D eigenvalue weighted by molar-refractivity contribution is 6.06. The molecule has 2 N–H and O–H groups in total. The Balaban J connectivity index is 1.47. The fraction of sp³-hybridized carbons (Fsp3) is 0.0370. The lowest BCUT2D eigenvalue weighted by atomic mass is 10.1. The van der Waals surface area contributed by atoms with E-state index in [0.717, 1.165) is 27.8 Å². The summed E-state index contributed by atoms with van der Waals surface area (Å²) in [5, 5.41) is 0.897. The Kier molecular flexibility index (Phi) is 5.14. The first-order valence-electron chi connectivity index (χ1n) is 10.3. The molecule has 0 saturated carbocycles. The maximum Gasteiger partial charge on any atom is 0.294 e. The molecule has 5 heteroatoms. The van der Waals surface area contributed by atoms with Crippen LogP contribution in [0.4, 0.5) is 11.4 Å². The standard InChI is InChI=1S/C27H21N3O2/c28-23-11-13-24(14-12-23)30(27(31)26-16-21-4-1-2-6-25(21)32-26)18-19-7-9-20(10-8-19)22-5-3-15-29-17-22/h1-17H,18,28H2. The Hall–Kier alpha value is -4.38. The van der Waals surface area contributed by atoms with Crippen LogP contribution >= 0.6 is 0 Å². The van der Waals surface area contributed by atoms with Gasteiger partial charge in [0.25, 0.3) is 5.91 Å². The molecule has 0 spiro atoms. The third-order valence-electron chi connectivity index (χ3n) is 5.38. The van der Waals surface area contributed by atoms with Crippen molar-refractivity contribution in [1.82, 2.24) is 4.98 Å². The van der Waals surface area contributed by atoms with Gasteiger partial charge in [0.2, 0.25) is 0 Å². The number of nitrogens with two attached hydrogens (primary N) is 1. The zero-order valence-corrected chi connectivity index (χ0v) is 17.3. The van der Waals surface area contributed by atoms with Crippen molar-refractivity contribution in [2.75, 3.05) is 10.6 Å². The third-order valence-corrected chi connectivity index (χ3v) is 5.38. The second kappa shape index (κ2) is 8.40. The quantitative estimate of drug-likeness (QED) is 0.359. The number of nitrogen functional groups attached to an aromatic ring is 1. The number of para-hydroxylation sites is 1. The van der Waals surface area contributed by atoms with Crippen LogP contribution in [0.3, 0.4) is 0 Å². The number of aromatic nitrogens is 1. The summed E-state index contributed by atoms with van der Waals surface area (Å²) >= 11 is 0. The number of benzene rings is 3. The van der Waals surface area contributed by atoms with Crippen LogP contribution in [-0.2, 0) is 6.54 Å². The fourth-order valence-corrected chi connectivity index (χ4v) is 3.67. The number of fused-ring (bicyclic) bond motifs is 1. The van der Waals surface area contributed by atoms with Crippen LogP contribution in [0.5, 0.6) is 0 Å². The van der Waals surface area contributed by atoms with E-state index < -0.39 is 0 Å². The number of hydrogen-bond donors (Lipinski definition) is 1. The average molecular weight is 419 g/mol. The smallest absolute Gasteiger partial charge is 0.294 e. The first kappa shape index (κ1) is 19.6. The number of pyridine rings is 1. The van der Waals surface area contributed by atoms with Crippen LogP contribution in [0, 0.1) is 0 Å². The van der Waals surface area contributed by atoms with Crippen LogP contribution in [0.1, 0.15) is 16.1 Å². The number of carbonyl (C=O) groups excluding carboxylic acids is 1. The van der Waals surface area contributed by atoms with Crippen molar-refractivity contribution in [2.24, 2.45) is 0 Å². The van der Waals surface area contributed by atoms with E-state index in [1.807, 2.05) is 79.0 Å². The summed E-state index contributed by atoms with van der Waals surface area (Å²) in [5.41, 5.74) is 11.1. The lowest BCUT2D eigenvalue weighted by molar-refractivity contribution is 0.0960. The summed E-state index contributed by atoms with van der Waals surface area (Å²) in [4.78, 5) is 19.4. The Morgan fingerprint density at radius 3 is 2.38 bits per heavy atom. The second-order valence-electron chi connectivity index (χ2n) is 7.57. The van der Waals surface area contributed by atoms with E-state index in [9.17, 15) is 4.79 Å². The van der Waals surface area contributed by atoms with Crippen LogP contribution in [-0.4, -0.2) is 10.9 Å². The van der Waals surface area contributed by atoms with Crippen molar-refractivity contribution < 1.29 is 9.21 Å². The van der Waals surface area contributed by atoms with Crippen molar-refractivity contribution in [3.63, 3.8) is 0 Å². The normalized spacial score (nSPS) is 10.9. The predicted molar refractivity (Wildman–Crippen MR) is 127 cm³/mol. The monoisotopic (exact) mass is 419 g/mol. The van der Waals surface area contributed by atoms with Gasteiger partial charge in [-0.3, -0.25) is 9.78 Å². The first-order valence-corrected chi connectivity index (χ1v) is 10.3. The Morgan fingerprint density at radius 1 is 0.875 bits per heavy atom. The largest absolute Gasteiger partial charge is 0.451 e. The van der Waals surface area contributed by atoms with E-state index in [1.165, 1.54) is 0 Å². The highest BCUT2D eigenvalue weighted by atomic mass is 16.3. The summed E-state index contributed by atoms with van der Waals surface area (Å²) in [5.74, 6) is 0.0947. The number of hydrogen-bond acceptors (Lipinski definition) is 4. The molecule has 0 atom stereocenters. The maximum absolute atomic E-state index is 13.5. The molecule has 0 aliphatic carbocycles. The summed E-state index contributed by atoms with van der Waals surface area (Å²) < 4.78 is 5.85. The van der Waals surface area contributed by atoms with Crippen molar-refractivity contribution in [3.8, 4) is 11.1 Å². The van der Waals surface area contributed by atoms with Gasteiger partial charge in [0.1, 0.15) is 5.58 Å². The lowest BCUT2D eigenvalue weighted by Gasteiger charge is -2.22. The minimum absolute atomic E-state index is 0.206. The van der Waals surface area contributed by atoms with Crippen molar-refractivity contribution >= 4 is 28.3 Å². The molecule has 0 radical (unpaired) electrons. The van der Waals surface area contributed by atoms with Gasteiger partial charge in [-0.05, 0) is 59.2 Å². The zero-order valence-electron chi connectivity index (χ0n) is 17.3. The Morgan fingerprint density at radius 2 is 1.66 bits per heavy atom. The molecule has 0 aliphatic rings. The molecule has 5 rings (SSSR count). The van der Waals surface area contributed by atoms with E-state index in [0.29, 0.717) is 23.6 Å². The molecule has 5 aromatic rings. The molecule has 0 fully saturated rings. The van der Waals surface area contributed by atoms with Crippen LogP contribution < -0.4 is 10.6 Å². The van der Waals surface area contributed by atoms with E-state index in [4.69, 9.17) is 10.2 Å². The fourth-order valence-electron chi connectivity index (χ4n) is 3.67. The number of rotatable bonds is 5. The molecule has 0 aliphatic heterocycles. The van der Waals surface area contributed by atoms with Crippen LogP contribution in [0.25, 0.3) is 22.1 Å². The minimum atomic E-state index is -0.206. The van der Waals surface area contributed by atoms with Gasteiger partial charge < -0.3 is 15.1 Å². The number of furan rings is 1. The number of nitrogens with zero attached hydrogens (tertiary/aromatic N) is 2. The minimum Gasteiger partial charge on any atom is -0.451 e. The predicted octanol–water partition coefficient (Wildman–Crippen LogP) is 5.92. The molecule has 1 amide bonds. The Labute approximate surface area is 185 Å². The van der Waals surface area contributed by atoms with Gasteiger partial charge in [-0.15, -0.1) is 0 Å². The van der Waals surface area contributed by atoms with Crippen LogP contribution in [0.2, 0.25) is 0 Å². The van der Waals surface area contributed by atoms with Crippen molar-refractivity contribution in [3.05, 3.63) is 115 Å². The van der Waals surface area contributed by atoms with Gasteiger partial charge in [-0.25, -0.2) is 0 Å². The van der Waals surface area contributed by atoms with E-state index in [2.05, 4.69) is 4.98 Å².